The van der Waals surface area contributed by atoms with E-state index in [0.717, 1.165) is 4.70 Å². The highest BCUT2D eigenvalue weighted by molar-refractivity contribution is 4.13. The monoisotopic (exact) mass is 132 g/mol. The summed E-state index contributed by atoms with van der Waals surface area (Å²) < 4.78 is 0.778. The fourth-order valence-corrected chi connectivity index (χ4v) is 0.358. The van der Waals surface area contributed by atoms with E-state index < -0.39 is 0 Å². The Morgan fingerprint density at radius 3 is 1.00 bits per heavy atom. The van der Waals surface area contributed by atoms with Gasteiger partial charge in [-0.1, -0.05) is 0 Å². The van der Waals surface area contributed by atoms with Crippen LogP contribution in [0.25, 0.3) is 0 Å². The Labute approximate surface area is 58.0 Å². The minimum atomic E-state index is 0.778. The highest BCUT2D eigenvalue weighted by atomic mass is 15.9. The van der Waals surface area contributed by atoms with E-state index in [1.807, 2.05) is 0 Å². The molecule has 56 valence electrons. The van der Waals surface area contributed by atoms with Gasteiger partial charge in [-0.15, -0.1) is 10.0 Å². The molecule has 0 aromatic heterocycles. The van der Waals surface area contributed by atoms with Crippen LogP contribution in [-0.2, 0) is 0 Å². The van der Waals surface area contributed by atoms with Gasteiger partial charge in [0.25, 0.3) is 0 Å². The average molecular weight is 132 g/mol. The molecule has 0 amide bonds. The third-order valence-corrected chi connectivity index (χ3v) is 1.96. The first-order valence-electron chi connectivity index (χ1n) is 3.08. The molecular formula is C6H18N3+. The van der Waals surface area contributed by atoms with Crippen LogP contribution in [0.3, 0.4) is 0 Å². The first-order valence-corrected chi connectivity index (χ1v) is 3.08. The van der Waals surface area contributed by atoms with Crippen LogP contribution in [0.5, 0.6) is 0 Å². The Morgan fingerprint density at radius 2 is 1.00 bits per heavy atom. The Morgan fingerprint density at radius 1 is 0.778 bits per heavy atom. The summed E-state index contributed by atoms with van der Waals surface area (Å²) in [6.07, 6.45) is 0. The summed E-state index contributed by atoms with van der Waals surface area (Å²) in [6.45, 7) is 0. The van der Waals surface area contributed by atoms with Crippen LogP contribution in [0.15, 0.2) is 0 Å². The molecule has 0 saturated heterocycles. The van der Waals surface area contributed by atoms with Gasteiger partial charge in [-0.2, -0.15) is 4.70 Å². The van der Waals surface area contributed by atoms with Gasteiger partial charge in [0.2, 0.25) is 0 Å². The van der Waals surface area contributed by atoms with E-state index in [9.17, 15) is 0 Å². The molecule has 0 atom stereocenters. The summed E-state index contributed by atoms with van der Waals surface area (Å²) in [4.78, 5) is 0. The highest BCUT2D eigenvalue weighted by Gasteiger charge is 2.20. The van der Waals surface area contributed by atoms with Crippen molar-refractivity contribution < 1.29 is 4.70 Å². The van der Waals surface area contributed by atoms with Crippen molar-refractivity contribution in [1.82, 2.24) is 10.0 Å². The molecule has 3 nitrogen and oxygen atoms in total. The molecule has 0 aliphatic heterocycles. The van der Waals surface area contributed by atoms with E-state index in [0.29, 0.717) is 0 Å². The topological polar surface area (TPSA) is 6.48 Å². The zero-order valence-corrected chi connectivity index (χ0v) is 7.34. The molecule has 0 radical (unpaired) electrons. The maximum absolute atomic E-state index is 2.12. The van der Waals surface area contributed by atoms with Crippen LogP contribution in [0, 0.1) is 0 Å². The van der Waals surface area contributed by atoms with Crippen LogP contribution < -0.4 is 0 Å². The standard InChI is InChI=1S/C6H18N3/c1-7(2)9(5,6)8(3)4/h1-6H3/q+1. The average Bonchev–Trinajstić information content (AvgIpc) is 1.65. The summed E-state index contributed by atoms with van der Waals surface area (Å²) in [5, 5.41) is 4.25. The molecule has 0 aliphatic rings. The second kappa shape index (κ2) is 2.64. The van der Waals surface area contributed by atoms with Crippen LogP contribution in [0.1, 0.15) is 0 Å². The number of hydrogen-bond donors (Lipinski definition) is 0. The summed E-state index contributed by atoms with van der Waals surface area (Å²) in [7, 11) is 12.5. The molecule has 3 heteroatoms. The largest absolute Gasteiger partial charge is 0.172 e. The van der Waals surface area contributed by atoms with Crippen molar-refractivity contribution in [2.24, 2.45) is 0 Å². The van der Waals surface area contributed by atoms with Gasteiger partial charge >= 0.3 is 0 Å². The van der Waals surface area contributed by atoms with Gasteiger partial charge in [0, 0.05) is 28.2 Å². The fraction of sp³-hybridized carbons (Fsp3) is 1.00. The molecule has 0 heterocycles. The molecular weight excluding hydrogens is 114 g/mol. The quantitative estimate of drug-likeness (QED) is 0.386. The van der Waals surface area contributed by atoms with Crippen molar-refractivity contribution in [1.29, 1.82) is 0 Å². The molecule has 0 aliphatic carbocycles. The summed E-state index contributed by atoms with van der Waals surface area (Å²) >= 11 is 0. The van der Waals surface area contributed by atoms with Crippen molar-refractivity contribution in [3.63, 3.8) is 0 Å². The molecule has 0 N–H and O–H groups in total. The lowest BCUT2D eigenvalue weighted by molar-refractivity contribution is -1.09. The van der Waals surface area contributed by atoms with Gasteiger partial charge in [-0.3, -0.25) is 0 Å². The molecule has 0 aromatic rings. The first kappa shape index (κ1) is 8.88. The van der Waals surface area contributed by atoms with E-state index in [4.69, 9.17) is 0 Å². The van der Waals surface area contributed by atoms with E-state index in [1.54, 1.807) is 0 Å². The predicted molar refractivity (Wildman–Crippen MR) is 39.5 cm³/mol. The summed E-state index contributed by atoms with van der Waals surface area (Å²) in [5.41, 5.74) is 0. The Kier molecular flexibility index (Phi) is 2.61. The van der Waals surface area contributed by atoms with Gasteiger partial charge in [-0.25, -0.2) is 0 Å². The summed E-state index contributed by atoms with van der Waals surface area (Å²) in [5.74, 6) is 0. The second-order valence-electron chi connectivity index (χ2n) is 3.03. The molecule has 0 saturated carbocycles. The van der Waals surface area contributed by atoms with Crippen LogP contribution in [0.4, 0.5) is 0 Å². The van der Waals surface area contributed by atoms with E-state index in [1.165, 1.54) is 0 Å². The van der Waals surface area contributed by atoms with E-state index >= 15 is 0 Å². The highest BCUT2D eigenvalue weighted by Crippen LogP contribution is 2.00. The van der Waals surface area contributed by atoms with Crippen LogP contribution in [0.2, 0.25) is 0 Å². The van der Waals surface area contributed by atoms with Crippen LogP contribution >= 0.6 is 0 Å². The lowest BCUT2D eigenvalue weighted by atomic mass is 10.9. The number of rotatable bonds is 2. The normalized spacial score (nSPS) is 13.3. The predicted octanol–water partition coefficient (Wildman–Crippen LogP) is 0.0160. The SMILES string of the molecule is CN(C)[N+](C)(C)N(C)C. The van der Waals surface area contributed by atoms with Crippen molar-refractivity contribution in [3.8, 4) is 0 Å². The van der Waals surface area contributed by atoms with Gasteiger partial charge in [-0.05, 0) is 0 Å². The summed E-state index contributed by atoms with van der Waals surface area (Å²) in [6, 6.07) is 0. The van der Waals surface area contributed by atoms with Gasteiger partial charge in [0.1, 0.15) is 14.1 Å². The smallest absolute Gasteiger partial charge is 0.105 e. The van der Waals surface area contributed by atoms with Crippen LogP contribution in [-0.4, -0.2) is 57.0 Å². The lowest BCUT2D eigenvalue weighted by Crippen LogP contribution is -2.58. The zero-order valence-electron chi connectivity index (χ0n) is 7.34. The lowest BCUT2D eigenvalue weighted by Gasteiger charge is -2.38. The van der Waals surface area contributed by atoms with Gasteiger partial charge in [0.15, 0.2) is 0 Å². The number of nitrogens with zero attached hydrogens (tertiary/aromatic N) is 3. The number of hydrogen-bond acceptors (Lipinski definition) is 2. The maximum Gasteiger partial charge on any atom is 0.105 e. The van der Waals surface area contributed by atoms with E-state index in [-0.39, 0.29) is 0 Å². The Balaban J connectivity index is 4.01. The van der Waals surface area contributed by atoms with Crippen molar-refractivity contribution in [2.75, 3.05) is 42.3 Å². The van der Waals surface area contributed by atoms with Crippen molar-refractivity contribution in [3.05, 3.63) is 0 Å². The molecule has 0 rings (SSSR count). The third kappa shape index (κ3) is 1.93. The van der Waals surface area contributed by atoms with Crippen molar-refractivity contribution in [2.45, 2.75) is 0 Å². The molecule has 0 fully saturated rings. The second-order valence-corrected chi connectivity index (χ2v) is 3.03. The Hall–Kier alpha value is -0.120. The first-order chi connectivity index (χ1) is 3.89. The van der Waals surface area contributed by atoms with Crippen molar-refractivity contribution >= 4 is 0 Å². The zero-order chi connectivity index (χ0) is 7.65. The molecule has 0 bridgehead atoms. The van der Waals surface area contributed by atoms with Gasteiger partial charge < -0.3 is 0 Å². The third-order valence-electron chi connectivity index (χ3n) is 1.96. The van der Waals surface area contributed by atoms with E-state index in [2.05, 4.69) is 52.3 Å². The molecule has 0 unspecified atom stereocenters. The number of quaternary nitrogens is 1. The fourth-order valence-electron chi connectivity index (χ4n) is 0.358. The Bertz CT molecular complexity index is 76.3. The van der Waals surface area contributed by atoms with Gasteiger partial charge in [0.05, 0.1) is 0 Å². The molecule has 0 spiro atoms. The maximum atomic E-state index is 2.12. The minimum absolute atomic E-state index is 0.778. The molecule has 0 aromatic carbocycles. The molecule has 9 heavy (non-hydrogen) atoms. The minimum Gasteiger partial charge on any atom is -0.172 e.